The van der Waals surface area contributed by atoms with Crippen molar-refractivity contribution in [3.8, 4) is 0 Å². The molecule has 0 saturated heterocycles. The van der Waals surface area contributed by atoms with Crippen LogP contribution in [0, 0.1) is 0 Å². The number of rotatable bonds is 6. The lowest BCUT2D eigenvalue weighted by Gasteiger charge is -2.32. The summed E-state index contributed by atoms with van der Waals surface area (Å²) in [6.45, 7) is 0.510. The van der Waals surface area contributed by atoms with Crippen molar-refractivity contribution in [2.75, 3.05) is 27.9 Å². The summed E-state index contributed by atoms with van der Waals surface area (Å²) in [5.41, 5.74) is 0. The van der Waals surface area contributed by atoms with E-state index in [2.05, 4.69) is 5.32 Å². The quantitative estimate of drug-likeness (QED) is 0.678. The van der Waals surface area contributed by atoms with Gasteiger partial charge in [-0.3, -0.25) is 0 Å². The van der Waals surface area contributed by atoms with Crippen molar-refractivity contribution in [2.45, 2.75) is 44.1 Å². The minimum Gasteiger partial charge on any atom is -0.371 e. The maximum atomic E-state index is 5.82. The lowest BCUT2D eigenvalue weighted by Crippen LogP contribution is -2.43. The topological polar surface area (TPSA) is 39.7 Å². The molecule has 2 atom stereocenters. The highest BCUT2D eigenvalue weighted by molar-refractivity contribution is 4.80. The van der Waals surface area contributed by atoms with E-state index >= 15 is 0 Å². The highest BCUT2D eigenvalue weighted by Crippen LogP contribution is 2.21. The van der Waals surface area contributed by atoms with E-state index in [9.17, 15) is 0 Å². The Morgan fingerprint density at radius 1 is 1.20 bits per heavy atom. The normalized spacial score (nSPS) is 27.2. The molecule has 15 heavy (non-hydrogen) atoms. The predicted molar refractivity (Wildman–Crippen MR) is 58.9 cm³/mol. The van der Waals surface area contributed by atoms with Crippen LogP contribution in [0.4, 0.5) is 0 Å². The molecule has 0 aromatic heterocycles. The van der Waals surface area contributed by atoms with E-state index in [4.69, 9.17) is 14.2 Å². The molecule has 0 bridgehead atoms. The van der Waals surface area contributed by atoms with Crippen LogP contribution in [0.5, 0.6) is 0 Å². The molecular formula is C11H23NO3. The molecule has 0 aromatic rings. The summed E-state index contributed by atoms with van der Waals surface area (Å²) >= 11 is 0. The number of likely N-dealkylation sites (N-methyl/N-ethyl adjacent to an activating group) is 1. The summed E-state index contributed by atoms with van der Waals surface area (Å²) in [5, 5.41) is 3.31. The fourth-order valence-corrected chi connectivity index (χ4v) is 2.06. The molecule has 1 aliphatic rings. The third-order valence-corrected chi connectivity index (χ3v) is 3.05. The summed E-state index contributed by atoms with van der Waals surface area (Å²) in [6.07, 6.45) is 4.94. The molecule has 0 amide bonds. The average molecular weight is 217 g/mol. The lowest BCUT2D eigenvalue weighted by atomic mass is 9.92. The van der Waals surface area contributed by atoms with Crippen LogP contribution in [0.25, 0.3) is 0 Å². The first kappa shape index (κ1) is 12.9. The lowest BCUT2D eigenvalue weighted by molar-refractivity contribution is -0.157. The number of hydrogen-bond acceptors (Lipinski definition) is 4. The molecule has 0 heterocycles. The molecule has 1 rings (SSSR count). The van der Waals surface area contributed by atoms with E-state index < -0.39 is 0 Å². The smallest absolute Gasteiger partial charge is 0.180 e. The Labute approximate surface area is 92.3 Å². The highest BCUT2D eigenvalue weighted by Gasteiger charge is 2.25. The van der Waals surface area contributed by atoms with Gasteiger partial charge >= 0.3 is 0 Å². The van der Waals surface area contributed by atoms with Crippen LogP contribution < -0.4 is 5.32 Å². The van der Waals surface area contributed by atoms with E-state index in [1.54, 1.807) is 14.2 Å². The molecule has 4 nitrogen and oxygen atoms in total. The molecule has 0 aliphatic heterocycles. The largest absolute Gasteiger partial charge is 0.371 e. The second-order valence-electron chi connectivity index (χ2n) is 3.95. The summed E-state index contributed by atoms with van der Waals surface area (Å²) < 4.78 is 16.0. The SMILES string of the molecule is CNC1CCCCC1OCC(OC)OC. The van der Waals surface area contributed by atoms with Crippen molar-refractivity contribution in [1.82, 2.24) is 5.32 Å². The Bertz CT molecular complexity index is 162. The molecule has 0 spiro atoms. The van der Waals surface area contributed by atoms with Crippen LogP contribution in [-0.4, -0.2) is 46.3 Å². The summed E-state index contributed by atoms with van der Waals surface area (Å²) in [4.78, 5) is 0. The monoisotopic (exact) mass is 217 g/mol. The minimum atomic E-state index is -0.246. The average Bonchev–Trinajstić information content (AvgIpc) is 2.31. The van der Waals surface area contributed by atoms with Gasteiger partial charge in [-0.1, -0.05) is 12.8 Å². The molecule has 0 radical (unpaired) electrons. The van der Waals surface area contributed by atoms with Gasteiger partial charge in [0, 0.05) is 20.3 Å². The number of nitrogens with one attached hydrogen (secondary N) is 1. The minimum absolute atomic E-state index is 0.246. The predicted octanol–water partition coefficient (Wildman–Crippen LogP) is 1.15. The standard InChI is InChI=1S/C11H23NO3/c1-12-9-6-4-5-7-10(9)15-8-11(13-2)14-3/h9-12H,4-8H2,1-3H3. The first-order valence-electron chi connectivity index (χ1n) is 5.66. The van der Waals surface area contributed by atoms with Gasteiger partial charge in [0.05, 0.1) is 12.7 Å². The second kappa shape index (κ2) is 7.17. The maximum Gasteiger partial charge on any atom is 0.180 e. The van der Waals surface area contributed by atoms with E-state index in [-0.39, 0.29) is 6.29 Å². The molecule has 1 saturated carbocycles. The van der Waals surface area contributed by atoms with E-state index in [1.165, 1.54) is 19.3 Å². The van der Waals surface area contributed by atoms with Crippen LogP contribution in [0.1, 0.15) is 25.7 Å². The van der Waals surface area contributed by atoms with Crippen molar-refractivity contribution in [3.63, 3.8) is 0 Å². The van der Waals surface area contributed by atoms with Gasteiger partial charge in [0.25, 0.3) is 0 Å². The van der Waals surface area contributed by atoms with Crippen molar-refractivity contribution < 1.29 is 14.2 Å². The van der Waals surface area contributed by atoms with Gasteiger partial charge in [-0.05, 0) is 19.9 Å². The number of ether oxygens (including phenoxy) is 3. The van der Waals surface area contributed by atoms with E-state index in [1.807, 2.05) is 7.05 Å². The summed E-state index contributed by atoms with van der Waals surface area (Å²) in [6, 6.07) is 0.480. The fourth-order valence-electron chi connectivity index (χ4n) is 2.06. The van der Waals surface area contributed by atoms with Crippen molar-refractivity contribution in [2.24, 2.45) is 0 Å². The third kappa shape index (κ3) is 4.07. The molecule has 0 aromatic carbocycles. The molecule has 90 valence electrons. The van der Waals surface area contributed by atoms with Crippen LogP contribution in [0.2, 0.25) is 0 Å². The zero-order valence-electron chi connectivity index (χ0n) is 9.99. The van der Waals surface area contributed by atoms with Crippen LogP contribution in [0.3, 0.4) is 0 Å². The van der Waals surface area contributed by atoms with Crippen LogP contribution in [0.15, 0.2) is 0 Å². The Balaban J connectivity index is 2.28. The first-order valence-corrected chi connectivity index (χ1v) is 5.66. The zero-order valence-corrected chi connectivity index (χ0v) is 9.99. The third-order valence-electron chi connectivity index (χ3n) is 3.05. The fraction of sp³-hybridized carbons (Fsp3) is 1.00. The van der Waals surface area contributed by atoms with Gasteiger partial charge < -0.3 is 19.5 Å². The molecular weight excluding hydrogens is 194 g/mol. The number of methoxy groups -OCH3 is 2. The molecule has 2 unspecified atom stereocenters. The van der Waals surface area contributed by atoms with E-state index in [0.29, 0.717) is 18.8 Å². The zero-order chi connectivity index (χ0) is 11.1. The summed E-state index contributed by atoms with van der Waals surface area (Å²) in [7, 11) is 5.26. The van der Waals surface area contributed by atoms with Gasteiger partial charge in [-0.2, -0.15) is 0 Å². The van der Waals surface area contributed by atoms with E-state index in [0.717, 1.165) is 6.42 Å². The van der Waals surface area contributed by atoms with Gasteiger partial charge in [-0.15, -0.1) is 0 Å². The van der Waals surface area contributed by atoms with Gasteiger partial charge in [0.1, 0.15) is 0 Å². The molecule has 1 fully saturated rings. The first-order chi connectivity index (χ1) is 7.31. The Morgan fingerprint density at radius 2 is 1.87 bits per heavy atom. The van der Waals surface area contributed by atoms with Crippen LogP contribution in [-0.2, 0) is 14.2 Å². The Hall–Kier alpha value is -0.160. The molecule has 1 aliphatic carbocycles. The van der Waals surface area contributed by atoms with Gasteiger partial charge in [-0.25, -0.2) is 0 Å². The van der Waals surface area contributed by atoms with Crippen molar-refractivity contribution in [1.29, 1.82) is 0 Å². The van der Waals surface area contributed by atoms with Crippen LogP contribution >= 0.6 is 0 Å². The summed E-state index contributed by atoms with van der Waals surface area (Å²) in [5.74, 6) is 0. The molecule has 1 N–H and O–H groups in total. The van der Waals surface area contributed by atoms with Crippen molar-refractivity contribution >= 4 is 0 Å². The van der Waals surface area contributed by atoms with Crippen molar-refractivity contribution in [3.05, 3.63) is 0 Å². The Kier molecular flexibility index (Phi) is 6.17. The maximum absolute atomic E-state index is 5.82. The number of hydrogen-bond donors (Lipinski definition) is 1. The highest BCUT2D eigenvalue weighted by atomic mass is 16.7. The Morgan fingerprint density at radius 3 is 2.47 bits per heavy atom. The second-order valence-corrected chi connectivity index (χ2v) is 3.95. The molecule has 4 heteroatoms. The van der Waals surface area contributed by atoms with Gasteiger partial charge in [0.2, 0.25) is 0 Å². The van der Waals surface area contributed by atoms with Gasteiger partial charge in [0.15, 0.2) is 6.29 Å².